The average molecular weight is 725 g/mol. The van der Waals surface area contributed by atoms with E-state index in [4.69, 9.17) is 23.7 Å². The van der Waals surface area contributed by atoms with Crippen LogP contribution in [-0.2, 0) is 16.1 Å². The number of hydrogen-bond donors (Lipinski definition) is 0. The third kappa shape index (κ3) is 7.08. The first-order valence-electron chi connectivity index (χ1n) is 14.4. The molecule has 3 aromatic carbocycles. The fourth-order valence-electron chi connectivity index (χ4n) is 5.00. The van der Waals surface area contributed by atoms with Crippen LogP contribution in [-0.4, -0.2) is 42.9 Å². The molecule has 1 aliphatic rings. The van der Waals surface area contributed by atoms with Crippen LogP contribution in [0.3, 0.4) is 0 Å². The average Bonchev–Trinajstić information content (AvgIpc) is 3.38. The topological polar surface area (TPSA) is 141 Å². The van der Waals surface area contributed by atoms with E-state index >= 15 is 0 Å². The second-order valence-corrected chi connectivity index (χ2v) is 11.9. The van der Waals surface area contributed by atoms with Gasteiger partial charge in [-0.2, -0.15) is 0 Å². The van der Waals surface area contributed by atoms with Gasteiger partial charge in [0.1, 0.15) is 6.61 Å². The number of hydrogen-bond acceptors (Lipinski definition) is 11. The molecule has 2 heterocycles. The first kappa shape index (κ1) is 33.4. The summed E-state index contributed by atoms with van der Waals surface area (Å²) >= 11 is 4.65. The van der Waals surface area contributed by atoms with Crippen LogP contribution in [0.2, 0.25) is 0 Å². The minimum absolute atomic E-state index is 0.0287. The number of halogens is 1. The van der Waals surface area contributed by atoms with Gasteiger partial charge in [0.2, 0.25) is 0 Å². The highest BCUT2D eigenvalue weighted by Gasteiger charge is 2.31. The second kappa shape index (κ2) is 14.6. The summed E-state index contributed by atoms with van der Waals surface area (Å²) in [6.07, 6.45) is 3.09. The maximum atomic E-state index is 14.2. The van der Waals surface area contributed by atoms with Crippen molar-refractivity contribution in [3.05, 3.63) is 117 Å². The zero-order valence-electron chi connectivity index (χ0n) is 25.9. The van der Waals surface area contributed by atoms with Crippen LogP contribution in [0.15, 0.2) is 80.6 Å². The van der Waals surface area contributed by atoms with E-state index in [1.165, 1.54) is 37.1 Å². The molecule has 1 aromatic heterocycles. The van der Waals surface area contributed by atoms with E-state index in [1.54, 1.807) is 48.5 Å². The number of nitro benzene ring substituents is 1. The Kier molecular flexibility index (Phi) is 10.4. The molecule has 4 aromatic rings. The summed E-state index contributed by atoms with van der Waals surface area (Å²) in [4.78, 5) is 42.5. The van der Waals surface area contributed by atoms with Crippen molar-refractivity contribution >= 4 is 45.0 Å². The Balaban J connectivity index is 1.61. The molecule has 0 fully saturated rings. The number of carbonyl (C=O) groups is 1. The molecule has 0 bridgehead atoms. The molecule has 47 heavy (non-hydrogen) atoms. The Hall–Kier alpha value is -4.95. The van der Waals surface area contributed by atoms with Gasteiger partial charge in [0.25, 0.3) is 11.2 Å². The smallest absolute Gasteiger partial charge is 0.337 e. The third-order valence-electron chi connectivity index (χ3n) is 7.09. The zero-order chi connectivity index (χ0) is 33.7. The lowest BCUT2D eigenvalue weighted by Gasteiger charge is -2.23. The quantitative estimate of drug-likeness (QED) is 0.111. The largest absolute Gasteiger partial charge is 0.493 e. The van der Waals surface area contributed by atoms with Gasteiger partial charge in [0, 0.05) is 28.4 Å². The number of rotatable bonds is 12. The van der Waals surface area contributed by atoms with Crippen LogP contribution in [0, 0.1) is 10.1 Å². The van der Waals surface area contributed by atoms with Gasteiger partial charge in [-0.05, 0) is 67.4 Å². The molecular formula is C33H30BrN3O9S. The van der Waals surface area contributed by atoms with E-state index in [2.05, 4.69) is 20.9 Å². The van der Waals surface area contributed by atoms with E-state index in [1.807, 2.05) is 13.8 Å². The molecule has 0 unspecified atom stereocenters. The Morgan fingerprint density at radius 3 is 2.40 bits per heavy atom. The number of methoxy groups -OCH3 is 2. The maximum absolute atomic E-state index is 14.2. The van der Waals surface area contributed by atoms with Crippen molar-refractivity contribution in [2.75, 3.05) is 27.4 Å². The highest BCUT2D eigenvalue weighted by molar-refractivity contribution is 9.10. The minimum Gasteiger partial charge on any atom is -0.493 e. The van der Waals surface area contributed by atoms with Gasteiger partial charge in [-0.1, -0.05) is 33.3 Å². The maximum Gasteiger partial charge on any atom is 0.337 e. The van der Waals surface area contributed by atoms with Crippen LogP contribution in [0.5, 0.6) is 23.0 Å². The molecule has 244 valence electrons. The second-order valence-electron chi connectivity index (χ2n) is 9.99. The number of fused-ring (bicyclic) bond motifs is 1. The molecule has 5 rings (SSSR count). The zero-order valence-corrected chi connectivity index (χ0v) is 28.3. The number of thiazole rings is 1. The van der Waals surface area contributed by atoms with Crippen molar-refractivity contribution in [3.63, 3.8) is 0 Å². The number of esters is 1. The molecule has 0 radical (unpaired) electrons. The van der Waals surface area contributed by atoms with Crippen LogP contribution >= 0.6 is 27.3 Å². The number of non-ortho nitro benzene ring substituents is 1. The molecule has 1 aliphatic heterocycles. The molecule has 12 nitrogen and oxygen atoms in total. The predicted molar refractivity (Wildman–Crippen MR) is 178 cm³/mol. The van der Waals surface area contributed by atoms with E-state index in [0.29, 0.717) is 66.7 Å². The number of ether oxygens (including phenoxy) is 5. The fraction of sp³-hybridized carbons (Fsp3) is 0.242. The van der Waals surface area contributed by atoms with Crippen molar-refractivity contribution in [1.29, 1.82) is 0 Å². The summed E-state index contributed by atoms with van der Waals surface area (Å²) < 4.78 is 30.8. The molecule has 0 saturated heterocycles. The molecule has 0 aliphatic carbocycles. The number of aromatic nitrogens is 1. The predicted octanol–water partition coefficient (Wildman–Crippen LogP) is 5.07. The molecular weight excluding hydrogens is 694 g/mol. The Labute approximate surface area is 281 Å². The summed E-state index contributed by atoms with van der Waals surface area (Å²) in [6.45, 7) is 4.62. The molecule has 14 heteroatoms. The molecule has 0 amide bonds. The fourth-order valence-corrected chi connectivity index (χ4v) is 6.41. The summed E-state index contributed by atoms with van der Waals surface area (Å²) in [5.74, 6) is 1.16. The normalized spacial score (nSPS) is 14.0. The summed E-state index contributed by atoms with van der Waals surface area (Å²) in [7, 11) is 2.77. The van der Waals surface area contributed by atoms with Crippen molar-refractivity contribution in [2.45, 2.75) is 26.5 Å². The Morgan fingerprint density at radius 2 is 1.74 bits per heavy atom. The molecule has 0 N–H and O–H groups in total. The van der Waals surface area contributed by atoms with Gasteiger partial charge in [-0.3, -0.25) is 19.5 Å². The summed E-state index contributed by atoms with van der Waals surface area (Å²) in [5.41, 5.74) is 1.59. The highest BCUT2D eigenvalue weighted by Crippen LogP contribution is 2.37. The van der Waals surface area contributed by atoms with E-state index in [-0.39, 0.29) is 23.4 Å². The van der Waals surface area contributed by atoms with Crippen molar-refractivity contribution in [2.24, 2.45) is 4.99 Å². The number of benzene rings is 3. The SMILES string of the molecule is CCOc1ccc([C@H]2C(C(=O)OC)=CN=c3s/c(=C/c4cc(Br)cc(OC)c4OCc4ccc([N+](=O)[O-])cc4)c(=O)n32)cc1OCC. The van der Waals surface area contributed by atoms with Crippen LogP contribution < -0.4 is 33.8 Å². The van der Waals surface area contributed by atoms with E-state index in [9.17, 15) is 19.7 Å². The Morgan fingerprint density at radius 1 is 1.02 bits per heavy atom. The van der Waals surface area contributed by atoms with Gasteiger partial charge in [0.15, 0.2) is 27.8 Å². The minimum atomic E-state index is -0.856. The Bertz CT molecular complexity index is 2040. The number of nitrogens with zero attached hydrogens (tertiary/aromatic N) is 3. The van der Waals surface area contributed by atoms with E-state index in [0.717, 1.165) is 11.3 Å². The van der Waals surface area contributed by atoms with Crippen molar-refractivity contribution < 1.29 is 33.4 Å². The highest BCUT2D eigenvalue weighted by atomic mass is 79.9. The van der Waals surface area contributed by atoms with Crippen LogP contribution in [0.25, 0.3) is 6.08 Å². The lowest BCUT2D eigenvalue weighted by Crippen LogP contribution is -2.39. The van der Waals surface area contributed by atoms with Gasteiger partial charge in [-0.25, -0.2) is 9.79 Å². The van der Waals surface area contributed by atoms with Crippen LogP contribution in [0.1, 0.15) is 36.6 Å². The first-order chi connectivity index (χ1) is 22.7. The van der Waals surface area contributed by atoms with Gasteiger partial charge in [0.05, 0.1) is 48.5 Å². The standard InChI is InChI=1S/C33H30BrN3O9S/c1-5-44-25-12-9-20(14-26(25)45-6-2)29-24(32(39)43-4)17-35-33-36(29)31(38)28(47-33)15-21-13-22(34)16-27(42-3)30(21)46-18-19-7-10-23(11-8-19)37(40)41/h7-17,29H,5-6,18H2,1-4H3/b28-15+/t29-/m0/s1. The monoisotopic (exact) mass is 723 g/mol. The van der Waals surface area contributed by atoms with Gasteiger partial charge in [-0.15, -0.1) is 0 Å². The van der Waals surface area contributed by atoms with Gasteiger partial charge < -0.3 is 23.7 Å². The molecule has 1 atom stereocenters. The van der Waals surface area contributed by atoms with Crippen molar-refractivity contribution in [3.8, 4) is 23.0 Å². The van der Waals surface area contributed by atoms with Crippen molar-refractivity contribution in [1.82, 2.24) is 4.57 Å². The first-order valence-corrected chi connectivity index (χ1v) is 16.0. The number of carbonyl (C=O) groups excluding carboxylic acids is 1. The molecule has 0 spiro atoms. The third-order valence-corrected chi connectivity index (χ3v) is 8.55. The summed E-state index contributed by atoms with van der Waals surface area (Å²) in [6, 6.07) is 14.0. The lowest BCUT2D eigenvalue weighted by atomic mass is 9.97. The number of nitro groups is 1. The lowest BCUT2D eigenvalue weighted by molar-refractivity contribution is -0.384. The van der Waals surface area contributed by atoms with Gasteiger partial charge >= 0.3 is 5.97 Å². The molecule has 0 saturated carbocycles. The van der Waals surface area contributed by atoms with E-state index < -0.39 is 16.9 Å². The van der Waals surface area contributed by atoms with Crippen LogP contribution in [0.4, 0.5) is 5.69 Å². The summed E-state index contributed by atoms with van der Waals surface area (Å²) in [5, 5.41) is 11.1.